The van der Waals surface area contributed by atoms with Crippen molar-refractivity contribution in [2.24, 2.45) is 5.92 Å². The Morgan fingerprint density at radius 2 is 2.24 bits per heavy atom. The maximum atomic E-state index is 12.6. The molecule has 0 radical (unpaired) electrons. The number of hydrogen-bond donors (Lipinski definition) is 1. The zero-order chi connectivity index (χ0) is 15.6. The molecule has 0 aliphatic carbocycles. The molecular formula is C13H15N3O4S. The molecule has 2 N–H and O–H groups in total. The molecule has 21 heavy (non-hydrogen) atoms. The lowest BCUT2D eigenvalue weighted by Gasteiger charge is -2.17. The average Bonchev–Trinajstić information content (AvgIpc) is 2.96. The van der Waals surface area contributed by atoms with Gasteiger partial charge in [-0.15, -0.1) is 0 Å². The standard InChI is InChI=1S/C13H15N3O4S/c1-20-13(17)9-4-5-16(8-9)21(18,19)12-3-2-11(15)6-10(12)7-14/h2-3,6,9H,4-5,8,15H2,1H3. The van der Waals surface area contributed by atoms with Crippen molar-refractivity contribution < 1.29 is 17.9 Å². The van der Waals surface area contributed by atoms with Crippen molar-refractivity contribution in [2.75, 3.05) is 25.9 Å². The number of esters is 1. The summed E-state index contributed by atoms with van der Waals surface area (Å²) in [5, 5.41) is 9.06. The highest BCUT2D eigenvalue weighted by Crippen LogP contribution is 2.27. The van der Waals surface area contributed by atoms with Gasteiger partial charge >= 0.3 is 5.97 Å². The van der Waals surface area contributed by atoms with E-state index in [9.17, 15) is 13.2 Å². The van der Waals surface area contributed by atoms with Gasteiger partial charge in [0.1, 0.15) is 11.0 Å². The van der Waals surface area contributed by atoms with Gasteiger partial charge in [-0.1, -0.05) is 0 Å². The fourth-order valence-corrected chi connectivity index (χ4v) is 3.93. The van der Waals surface area contributed by atoms with Crippen LogP contribution in [0.25, 0.3) is 0 Å². The molecule has 1 aromatic carbocycles. The Labute approximate surface area is 123 Å². The molecule has 8 heteroatoms. The highest BCUT2D eigenvalue weighted by molar-refractivity contribution is 7.89. The zero-order valence-electron chi connectivity index (χ0n) is 11.4. The number of nitrogens with zero attached hydrogens (tertiary/aromatic N) is 2. The Hall–Kier alpha value is -2.11. The number of nitriles is 1. The summed E-state index contributed by atoms with van der Waals surface area (Å²) in [6.07, 6.45) is 0.406. The Balaban J connectivity index is 2.32. The van der Waals surface area contributed by atoms with Gasteiger partial charge in [-0.2, -0.15) is 9.57 Å². The van der Waals surface area contributed by atoms with Gasteiger partial charge in [-0.05, 0) is 24.6 Å². The molecule has 7 nitrogen and oxygen atoms in total. The summed E-state index contributed by atoms with van der Waals surface area (Å²) in [5.74, 6) is -0.894. The molecule has 0 aromatic heterocycles. The molecule has 0 amide bonds. The quantitative estimate of drug-likeness (QED) is 0.635. The SMILES string of the molecule is COC(=O)C1CCN(S(=O)(=O)c2ccc(N)cc2C#N)C1. The van der Waals surface area contributed by atoms with Gasteiger partial charge in [0.05, 0.1) is 18.6 Å². The predicted octanol–water partition coefficient (Wildman–Crippen LogP) is 0.324. The fourth-order valence-electron chi connectivity index (χ4n) is 2.30. The maximum Gasteiger partial charge on any atom is 0.310 e. The summed E-state index contributed by atoms with van der Waals surface area (Å²) in [6.45, 7) is 0.279. The van der Waals surface area contributed by atoms with Gasteiger partial charge in [-0.25, -0.2) is 8.42 Å². The Bertz CT molecular complexity index is 709. The van der Waals surface area contributed by atoms with Gasteiger partial charge in [0.25, 0.3) is 0 Å². The topological polar surface area (TPSA) is 113 Å². The molecule has 1 heterocycles. The first-order chi connectivity index (χ1) is 9.90. The van der Waals surface area contributed by atoms with E-state index in [0.29, 0.717) is 12.1 Å². The summed E-state index contributed by atoms with van der Waals surface area (Å²) in [5.41, 5.74) is 5.87. The molecule has 1 atom stereocenters. The minimum atomic E-state index is -3.83. The lowest BCUT2D eigenvalue weighted by molar-refractivity contribution is -0.144. The number of anilines is 1. The van der Waals surface area contributed by atoms with E-state index in [0.717, 1.165) is 0 Å². The number of rotatable bonds is 3. The summed E-state index contributed by atoms with van der Waals surface area (Å²) < 4.78 is 31.0. The lowest BCUT2D eigenvalue weighted by atomic mass is 10.1. The van der Waals surface area contributed by atoms with Crippen LogP contribution in [0.5, 0.6) is 0 Å². The van der Waals surface area contributed by atoms with E-state index >= 15 is 0 Å². The Kier molecular flexibility index (Phi) is 4.16. The summed E-state index contributed by atoms with van der Waals surface area (Å²) in [7, 11) is -2.55. The van der Waals surface area contributed by atoms with E-state index in [1.54, 1.807) is 0 Å². The van der Waals surface area contributed by atoms with Gasteiger partial charge in [0, 0.05) is 18.8 Å². The van der Waals surface area contributed by atoms with Crippen molar-refractivity contribution in [1.82, 2.24) is 4.31 Å². The number of nitrogens with two attached hydrogens (primary N) is 1. The van der Waals surface area contributed by atoms with Crippen LogP contribution in [-0.4, -0.2) is 38.9 Å². The second kappa shape index (κ2) is 5.71. The highest BCUT2D eigenvalue weighted by atomic mass is 32.2. The van der Waals surface area contributed by atoms with E-state index in [4.69, 9.17) is 11.0 Å². The number of carbonyl (C=O) groups is 1. The summed E-state index contributed by atoms with van der Waals surface area (Å²) in [4.78, 5) is 11.4. The van der Waals surface area contributed by atoms with E-state index in [1.807, 2.05) is 6.07 Å². The molecule has 0 saturated carbocycles. The van der Waals surface area contributed by atoms with Crippen LogP contribution in [-0.2, 0) is 19.6 Å². The van der Waals surface area contributed by atoms with Crippen molar-refractivity contribution in [3.05, 3.63) is 23.8 Å². The maximum absolute atomic E-state index is 12.6. The number of carbonyl (C=O) groups excluding carboxylic acids is 1. The van der Waals surface area contributed by atoms with E-state index in [2.05, 4.69) is 4.74 Å². The third-order valence-corrected chi connectivity index (χ3v) is 5.35. The molecule has 1 unspecified atom stereocenters. The molecule has 1 aliphatic rings. The number of ether oxygens (including phenoxy) is 1. The molecule has 1 aromatic rings. The van der Waals surface area contributed by atoms with Crippen LogP contribution in [0.1, 0.15) is 12.0 Å². The molecular weight excluding hydrogens is 294 g/mol. The largest absolute Gasteiger partial charge is 0.469 e. The molecule has 0 bridgehead atoms. The monoisotopic (exact) mass is 309 g/mol. The number of benzene rings is 1. The van der Waals surface area contributed by atoms with Crippen molar-refractivity contribution in [2.45, 2.75) is 11.3 Å². The first-order valence-electron chi connectivity index (χ1n) is 6.27. The zero-order valence-corrected chi connectivity index (χ0v) is 12.3. The van der Waals surface area contributed by atoms with Crippen LogP contribution in [0.3, 0.4) is 0 Å². The van der Waals surface area contributed by atoms with Crippen LogP contribution in [0.4, 0.5) is 5.69 Å². The van der Waals surface area contributed by atoms with Gasteiger partial charge < -0.3 is 10.5 Å². The number of hydrogen-bond acceptors (Lipinski definition) is 6. The van der Waals surface area contributed by atoms with Crippen molar-refractivity contribution in [1.29, 1.82) is 5.26 Å². The lowest BCUT2D eigenvalue weighted by Crippen LogP contribution is -2.30. The second-order valence-electron chi connectivity index (χ2n) is 4.74. The second-order valence-corrected chi connectivity index (χ2v) is 6.65. The molecule has 1 saturated heterocycles. The third-order valence-electron chi connectivity index (χ3n) is 3.43. The average molecular weight is 309 g/mol. The van der Waals surface area contributed by atoms with E-state index in [-0.39, 0.29) is 23.5 Å². The number of methoxy groups -OCH3 is 1. The fraction of sp³-hybridized carbons (Fsp3) is 0.385. The minimum absolute atomic E-state index is 0.00322. The smallest absolute Gasteiger partial charge is 0.310 e. The Morgan fingerprint density at radius 1 is 1.52 bits per heavy atom. The first-order valence-corrected chi connectivity index (χ1v) is 7.71. The van der Waals surface area contributed by atoms with Gasteiger partial charge in [0.2, 0.25) is 10.0 Å². The molecule has 1 aliphatic heterocycles. The third kappa shape index (κ3) is 2.84. The van der Waals surface area contributed by atoms with Crippen LogP contribution < -0.4 is 5.73 Å². The van der Waals surface area contributed by atoms with Gasteiger partial charge in [-0.3, -0.25) is 4.79 Å². The minimum Gasteiger partial charge on any atom is -0.469 e. The summed E-state index contributed by atoms with van der Waals surface area (Å²) >= 11 is 0. The summed E-state index contributed by atoms with van der Waals surface area (Å²) in [6, 6.07) is 5.90. The van der Waals surface area contributed by atoms with Gasteiger partial charge in [0.15, 0.2) is 0 Å². The van der Waals surface area contributed by atoms with Crippen molar-refractivity contribution in [3.8, 4) is 6.07 Å². The molecule has 2 rings (SSSR count). The van der Waals surface area contributed by atoms with Crippen LogP contribution in [0, 0.1) is 17.2 Å². The van der Waals surface area contributed by atoms with Crippen LogP contribution in [0.2, 0.25) is 0 Å². The predicted molar refractivity (Wildman–Crippen MR) is 74.5 cm³/mol. The molecule has 112 valence electrons. The number of sulfonamides is 1. The number of nitrogen functional groups attached to an aromatic ring is 1. The van der Waals surface area contributed by atoms with Crippen molar-refractivity contribution in [3.63, 3.8) is 0 Å². The normalized spacial score (nSPS) is 19.1. The highest BCUT2D eigenvalue weighted by Gasteiger charge is 2.37. The van der Waals surface area contributed by atoms with E-state index in [1.165, 1.54) is 29.6 Å². The van der Waals surface area contributed by atoms with Crippen LogP contribution in [0.15, 0.2) is 23.1 Å². The van der Waals surface area contributed by atoms with E-state index < -0.39 is 21.9 Å². The van der Waals surface area contributed by atoms with Crippen molar-refractivity contribution >= 4 is 21.7 Å². The first kappa shape index (κ1) is 15.3. The Morgan fingerprint density at radius 3 is 2.86 bits per heavy atom. The molecule has 0 spiro atoms. The van der Waals surface area contributed by atoms with Crippen LogP contribution >= 0.6 is 0 Å². The molecule has 1 fully saturated rings.